The zero-order chi connectivity index (χ0) is 38.4. The van der Waals surface area contributed by atoms with Gasteiger partial charge in [0.1, 0.15) is 5.75 Å². The van der Waals surface area contributed by atoms with E-state index in [1.165, 1.54) is 45.0 Å². The van der Waals surface area contributed by atoms with Gasteiger partial charge in [-0.25, -0.2) is 21.8 Å². The van der Waals surface area contributed by atoms with Crippen LogP contribution < -0.4 is 10.5 Å². The molecule has 5 aromatic rings. The van der Waals surface area contributed by atoms with Crippen molar-refractivity contribution in [2.45, 2.75) is 54.4 Å². The fourth-order valence-corrected chi connectivity index (χ4v) is 9.42. The van der Waals surface area contributed by atoms with Crippen LogP contribution in [0.3, 0.4) is 0 Å². The minimum absolute atomic E-state index is 0.0270. The summed E-state index contributed by atoms with van der Waals surface area (Å²) < 4.78 is 61.7. The number of hydrogen-bond acceptors (Lipinski definition) is 13. The summed E-state index contributed by atoms with van der Waals surface area (Å²) in [4.78, 5) is 9.15. The molecule has 17 heteroatoms. The Morgan fingerprint density at radius 3 is 1.80 bits per heavy atom. The summed E-state index contributed by atoms with van der Waals surface area (Å²) in [5.74, 6) is 0.0562. The summed E-state index contributed by atoms with van der Waals surface area (Å²) in [6.45, 7) is 1.96. The first-order valence-electron chi connectivity index (χ1n) is 17.9. The van der Waals surface area contributed by atoms with Crippen LogP contribution in [-0.4, -0.2) is 61.6 Å². The van der Waals surface area contributed by atoms with Gasteiger partial charge in [0.05, 0.1) is 27.2 Å². The minimum atomic E-state index is -3.63. The molecule has 0 saturated carbocycles. The van der Waals surface area contributed by atoms with Crippen molar-refractivity contribution in [3.05, 3.63) is 96.8 Å². The molecular formula is C38H38N10O5S2. The Balaban J connectivity index is 1.17. The summed E-state index contributed by atoms with van der Waals surface area (Å²) in [5.41, 5.74) is 7.06. The number of nitrogens with zero attached hydrogens (tertiary/aromatic N) is 9. The van der Waals surface area contributed by atoms with Crippen molar-refractivity contribution in [3.63, 3.8) is 0 Å². The maximum absolute atomic E-state index is 13.1. The molecular weight excluding hydrogens is 741 g/mol. The first-order valence-corrected chi connectivity index (χ1v) is 20.8. The smallest absolute Gasteiger partial charge is 0.253 e. The van der Waals surface area contributed by atoms with E-state index in [-0.39, 0.29) is 33.0 Å². The molecule has 1 aromatic heterocycles. The first kappa shape index (κ1) is 37.6. The number of hydrogen-bond donors (Lipinski definition) is 1. The van der Waals surface area contributed by atoms with Crippen LogP contribution in [0, 0.1) is 11.3 Å². The lowest BCUT2D eigenvalue weighted by Crippen LogP contribution is -2.35. The summed E-state index contributed by atoms with van der Waals surface area (Å²) >= 11 is 0. The molecule has 1 unspecified atom stereocenters. The third-order valence-electron chi connectivity index (χ3n) is 9.35. The maximum Gasteiger partial charge on any atom is 0.253 e. The van der Waals surface area contributed by atoms with Gasteiger partial charge >= 0.3 is 0 Å². The van der Waals surface area contributed by atoms with Gasteiger partial charge in [0.2, 0.25) is 26.1 Å². The normalized spacial score (nSPS) is 16.7. The fourth-order valence-electron chi connectivity index (χ4n) is 6.39. The van der Waals surface area contributed by atoms with Crippen molar-refractivity contribution >= 4 is 53.7 Å². The molecule has 282 valence electrons. The molecule has 2 saturated heterocycles. The molecule has 0 aliphatic carbocycles. The predicted molar refractivity (Wildman–Crippen MR) is 206 cm³/mol. The fraction of sp³-hybridized carbons (Fsp3) is 0.289. The van der Waals surface area contributed by atoms with E-state index in [9.17, 15) is 22.1 Å². The van der Waals surface area contributed by atoms with Crippen LogP contribution >= 0.6 is 0 Å². The predicted octanol–water partition coefficient (Wildman–Crippen LogP) is 8.12. The molecule has 15 nitrogen and oxygen atoms in total. The topological polar surface area (TPSA) is 209 Å². The number of nitriles is 1. The molecule has 1 atom stereocenters. The number of fused-ring (bicyclic) bond motifs is 1. The maximum atomic E-state index is 13.1. The lowest BCUT2D eigenvalue weighted by atomic mass is 10.1. The summed E-state index contributed by atoms with van der Waals surface area (Å²) in [6.07, 6.45) is 5.33. The zero-order valence-corrected chi connectivity index (χ0v) is 31.4. The van der Waals surface area contributed by atoms with Gasteiger partial charge in [0, 0.05) is 31.6 Å². The highest BCUT2D eigenvalue weighted by molar-refractivity contribution is 7.89. The highest BCUT2D eigenvalue weighted by atomic mass is 32.2. The summed E-state index contributed by atoms with van der Waals surface area (Å²) in [5, 5.41) is 28.7. The average molecular weight is 779 g/mol. The summed E-state index contributed by atoms with van der Waals surface area (Å²) in [6, 6.07) is 25.8. The van der Waals surface area contributed by atoms with Gasteiger partial charge in [-0.3, -0.25) is 0 Å². The van der Waals surface area contributed by atoms with Gasteiger partial charge in [-0.1, -0.05) is 49.2 Å². The van der Waals surface area contributed by atoms with Gasteiger partial charge in [-0.2, -0.15) is 34.2 Å². The molecule has 2 N–H and O–H groups in total. The van der Waals surface area contributed by atoms with Crippen LogP contribution in [-0.2, 0) is 20.0 Å². The molecule has 3 heterocycles. The average Bonchev–Trinajstić information content (AvgIpc) is 3.22. The third-order valence-corrected chi connectivity index (χ3v) is 13.2. The second kappa shape index (κ2) is 16.4. The van der Waals surface area contributed by atoms with Crippen LogP contribution in [0.5, 0.6) is 11.6 Å². The third kappa shape index (κ3) is 8.37. The summed E-state index contributed by atoms with van der Waals surface area (Å²) in [7, 11) is -7.26. The zero-order valence-electron chi connectivity index (χ0n) is 29.8. The van der Waals surface area contributed by atoms with Crippen molar-refractivity contribution in [1.82, 2.24) is 18.6 Å². The lowest BCUT2D eigenvalue weighted by molar-refractivity contribution is 0.346. The van der Waals surface area contributed by atoms with E-state index in [2.05, 4.69) is 30.4 Å². The van der Waals surface area contributed by atoms with Gasteiger partial charge in [0.15, 0.2) is 17.3 Å². The molecule has 2 aliphatic heterocycles. The second-order valence-electron chi connectivity index (χ2n) is 13.1. The minimum Gasteiger partial charge on any atom is -0.436 e. The molecule has 4 aromatic carbocycles. The Morgan fingerprint density at radius 1 is 0.673 bits per heavy atom. The van der Waals surface area contributed by atoms with Gasteiger partial charge in [-0.05, 0) is 85.7 Å². The van der Waals surface area contributed by atoms with Crippen molar-refractivity contribution in [1.29, 1.82) is 5.26 Å². The largest absolute Gasteiger partial charge is 0.436 e. The van der Waals surface area contributed by atoms with Crippen molar-refractivity contribution < 1.29 is 21.6 Å². The highest BCUT2D eigenvalue weighted by Crippen LogP contribution is 2.39. The van der Waals surface area contributed by atoms with Crippen LogP contribution in [0.15, 0.2) is 121 Å². The van der Waals surface area contributed by atoms with Gasteiger partial charge in [0.25, 0.3) is 5.88 Å². The second-order valence-corrected chi connectivity index (χ2v) is 16.9. The standard InChI is InChI=1S/C38H38N10O5S2/c39-26-33(45-43-28-14-18-30(19-15-28)54(49,50)47-22-5-1-6-23-47)37-41-36(40)35(38(42-37)53-34-13-9-11-27-10-3-4-12-32(27)34)46-44-29-16-20-31(21-17-29)55(51,52)48-24-7-2-8-25-48/h3-4,9-21,33H,1-2,5-8,22-25H2,(H2,40,41,42). The number of benzene rings is 4. The number of aromatic nitrogens is 2. The molecule has 0 bridgehead atoms. The van der Waals surface area contributed by atoms with E-state index < -0.39 is 26.1 Å². The molecule has 55 heavy (non-hydrogen) atoms. The van der Waals surface area contributed by atoms with Crippen LogP contribution in [0.2, 0.25) is 0 Å². The molecule has 7 rings (SSSR count). The van der Waals surface area contributed by atoms with Crippen LogP contribution in [0.1, 0.15) is 50.4 Å². The molecule has 0 radical (unpaired) electrons. The van der Waals surface area contributed by atoms with Crippen LogP contribution in [0.25, 0.3) is 10.8 Å². The van der Waals surface area contributed by atoms with Crippen molar-refractivity contribution in [3.8, 4) is 17.7 Å². The van der Waals surface area contributed by atoms with Crippen molar-refractivity contribution in [2.75, 3.05) is 31.9 Å². The number of ether oxygens (including phenoxy) is 1. The Kier molecular flexibility index (Phi) is 11.2. The SMILES string of the molecule is N#CC(N=Nc1ccc(S(=O)(=O)N2CCCCC2)cc1)c1nc(N)c(N=Nc2ccc(S(=O)(=O)N3CCCCC3)cc2)c(Oc2cccc3ccccc23)n1. The molecule has 0 spiro atoms. The van der Waals surface area contributed by atoms with E-state index >= 15 is 0 Å². The number of rotatable bonds is 11. The number of anilines is 1. The number of sulfonamides is 2. The molecule has 0 amide bonds. The van der Waals surface area contributed by atoms with E-state index in [0.29, 0.717) is 43.3 Å². The first-order chi connectivity index (χ1) is 26.6. The number of nitrogens with two attached hydrogens (primary N) is 1. The number of nitrogen functional groups attached to an aromatic ring is 1. The van der Waals surface area contributed by atoms with Gasteiger partial charge in [-0.15, -0.1) is 5.11 Å². The van der Waals surface area contributed by atoms with E-state index in [4.69, 9.17) is 10.5 Å². The van der Waals surface area contributed by atoms with E-state index in [1.54, 1.807) is 18.2 Å². The van der Waals surface area contributed by atoms with E-state index in [1.807, 2.05) is 42.5 Å². The van der Waals surface area contributed by atoms with E-state index in [0.717, 1.165) is 49.3 Å². The Labute approximate surface area is 319 Å². The molecule has 2 fully saturated rings. The Bertz CT molecular complexity index is 2490. The Morgan fingerprint density at radius 2 is 1.22 bits per heavy atom. The number of azo groups is 2. The lowest BCUT2D eigenvalue weighted by Gasteiger charge is -2.25. The van der Waals surface area contributed by atoms with Gasteiger partial charge < -0.3 is 10.5 Å². The molecule has 2 aliphatic rings. The monoisotopic (exact) mass is 778 g/mol. The Hall–Kier alpha value is -5.67. The van der Waals surface area contributed by atoms with Crippen molar-refractivity contribution in [2.24, 2.45) is 20.5 Å². The van der Waals surface area contributed by atoms with Crippen LogP contribution in [0.4, 0.5) is 22.9 Å². The number of piperidine rings is 2. The highest BCUT2D eigenvalue weighted by Gasteiger charge is 2.27. The quantitative estimate of drug-likeness (QED) is 0.128.